The number of carbonyl (C=O) groups excluding carboxylic acids is 2. The van der Waals surface area contributed by atoms with E-state index < -0.39 is 64.9 Å². The van der Waals surface area contributed by atoms with Gasteiger partial charge in [-0.15, -0.1) is 0 Å². The summed E-state index contributed by atoms with van der Waals surface area (Å²) < 4.78 is 59.0. The number of benzene rings is 3. The molecule has 4 aromatic rings. The number of halogens is 4. The molecule has 3 aromatic carbocycles. The Morgan fingerprint density at radius 3 is 1.70 bits per heavy atom. The minimum absolute atomic E-state index is 0.0459. The zero-order valence-corrected chi connectivity index (χ0v) is 36.9. The van der Waals surface area contributed by atoms with E-state index in [4.69, 9.17) is 0 Å². The number of aliphatic hydroxyl groups is 2. The summed E-state index contributed by atoms with van der Waals surface area (Å²) in [5.41, 5.74) is 2.78. The molecule has 1 aliphatic heterocycles. The number of fused-ring (bicyclic) bond motifs is 2. The van der Waals surface area contributed by atoms with Gasteiger partial charge in [-0.2, -0.15) is 5.10 Å². The molecule has 2 bridgehead atoms. The Bertz CT molecular complexity index is 2270. The SMILES string of the molecule is CC(C)(C)n1cc(C2(NCC(O)C(Cc3cc(F)cc(F)c3)NC(=O)CCC(=O)NC(Cc3cc(F)cc(F)c3)C(O)CNC3(c4cccc(N5CC6CCC5C6)c4)CC3)CC2)cn1. The summed E-state index contributed by atoms with van der Waals surface area (Å²) >= 11 is 0. The Hall–Kier alpha value is -4.83. The third-order valence-corrected chi connectivity index (χ3v) is 13.7. The van der Waals surface area contributed by atoms with Crippen molar-refractivity contribution in [2.75, 3.05) is 24.5 Å². The van der Waals surface area contributed by atoms with Crippen LogP contribution in [0.5, 0.6) is 0 Å². The van der Waals surface area contributed by atoms with Crippen LogP contribution in [-0.4, -0.2) is 81.8 Å². The largest absolute Gasteiger partial charge is 0.390 e. The summed E-state index contributed by atoms with van der Waals surface area (Å²) in [5, 5.41) is 40.2. The monoisotopic (exact) mass is 887 g/mol. The fourth-order valence-electron chi connectivity index (χ4n) is 9.75. The van der Waals surface area contributed by atoms with Crippen LogP contribution >= 0.6 is 0 Å². The molecular weight excluding hydrogens is 827 g/mol. The molecule has 0 radical (unpaired) electrons. The van der Waals surface area contributed by atoms with E-state index in [1.165, 1.54) is 24.9 Å². The van der Waals surface area contributed by atoms with Crippen molar-refractivity contribution in [1.29, 1.82) is 0 Å². The molecule has 6 unspecified atom stereocenters. The third-order valence-electron chi connectivity index (χ3n) is 13.7. The topological polar surface area (TPSA) is 144 Å². The molecule has 64 heavy (non-hydrogen) atoms. The summed E-state index contributed by atoms with van der Waals surface area (Å²) in [6.07, 6.45) is 7.69. The lowest BCUT2D eigenvalue weighted by molar-refractivity contribution is -0.128. The maximum absolute atomic E-state index is 14.3. The fourth-order valence-corrected chi connectivity index (χ4v) is 9.75. The number of piperidine rings is 1. The highest BCUT2D eigenvalue weighted by Gasteiger charge is 2.47. The normalized spacial score (nSPS) is 21.3. The fraction of sp³-hybridized carbons (Fsp3) is 0.531. The van der Waals surface area contributed by atoms with E-state index in [0.29, 0.717) is 6.04 Å². The molecule has 2 heterocycles. The first-order chi connectivity index (χ1) is 30.5. The molecule has 3 saturated carbocycles. The second kappa shape index (κ2) is 18.6. The van der Waals surface area contributed by atoms with Gasteiger partial charge in [-0.1, -0.05) is 12.1 Å². The van der Waals surface area contributed by atoms with Gasteiger partial charge >= 0.3 is 0 Å². The van der Waals surface area contributed by atoms with Crippen LogP contribution in [0.1, 0.15) is 101 Å². The number of aliphatic hydroxyl groups excluding tert-OH is 2. The molecule has 4 fully saturated rings. The van der Waals surface area contributed by atoms with Crippen LogP contribution in [0.3, 0.4) is 0 Å². The lowest BCUT2D eigenvalue weighted by Crippen LogP contribution is -2.51. The minimum atomic E-state index is -1.19. The molecule has 8 rings (SSSR count). The van der Waals surface area contributed by atoms with Crippen molar-refractivity contribution in [2.24, 2.45) is 5.92 Å². The Kier molecular flexibility index (Phi) is 13.3. The second-order valence-electron chi connectivity index (χ2n) is 19.8. The van der Waals surface area contributed by atoms with E-state index in [1.54, 1.807) is 6.20 Å². The van der Waals surface area contributed by atoms with Crippen molar-refractivity contribution >= 4 is 17.5 Å². The van der Waals surface area contributed by atoms with Crippen molar-refractivity contribution in [3.63, 3.8) is 0 Å². The van der Waals surface area contributed by atoms with E-state index in [0.717, 1.165) is 85.7 Å². The molecule has 1 aromatic heterocycles. The predicted molar refractivity (Wildman–Crippen MR) is 235 cm³/mol. The number of hydrogen-bond donors (Lipinski definition) is 6. The van der Waals surface area contributed by atoms with E-state index in [9.17, 15) is 37.4 Å². The van der Waals surface area contributed by atoms with E-state index in [1.807, 2.05) is 31.6 Å². The number of anilines is 1. The number of amides is 2. The Labute approximate surface area is 372 Å². The number of hydrogen-bond acceptors (Lipinski definition) is 8. The first kappa shape index (κ1) is 45.7. The summed E-state index contributed by atoms with van der Waals surface area (Å²) in [6.45, 7) is 7.33. The second-order valence-corrected chi connectivity index (χ2v) is 19.8. The van der Waals surface area contributed by atoms with Crippen molar-refractivity contribution in [2.45, 2.75) is 138 Å². The van der Waals surface area contributed by atoms with Crippen LogP contribution < -0.4 is 26.2 Å². The highest BCUT2D eigenvalue weighted by molar-refractivity contribution is 5.84. The smallest absolute Gasteiger partial charge is 0.220 e. The van der Waals surface area contributed by atoms with Crippen LogP contribution in [-0.2, 0) is 39.0 Å². The van der Waals surface area contributed by atoms with E-state index in [-0.39, 0.29) is 61.0 Å². The van der Waals surface area contributed by atoms with Crippen molar-refractivity contribution in [3.05, 3.63) is 119 Å². The first-order valence-electron chi connectivity index (χ1n) is 22.7. The van der Waals surface area contributed by atoms with Gasteiger partial charge in [0.25, 0.3) is 0 Å². The van der Waals surface area contributed by atoms with Gasteiger partial charge in [0.1, 0.15) is 23.3 Å². The Morgan fingerprint density at radius 2 is 1.27 bits per heavy atom. The molecule has 6 atom stereocenters. The standard InChI is InChI=1S/C49H61F4N7O4/c1-47(2,3)60-29-34(25-56-60)49(13-14-49)55-27-44(62)42(21-32-17-37(52)24-38(53)18-32)58-46(64)10-9-45(63)57-41(20-31-15-35(50)23-36(51)16-31)43(61)26-54-48(11-12-48)33-5-4-6-39(22-33)59-28-30-7-8-40(59)19-30/h4-6,15-18,22-25,29-30,40-44,54-55,61-62H,7-14,19-21,26-28H2,1-3H3,(H,57,63)(H,58,64). The van der Waals surface area contributed by atoms with Crippen molar-refractivity contribution in [1.82, 2.24) is 31.0 Å². The zero-order valence-electron chi connectivity index (χ0n) is 36.9. The molecule has 6 N–H and O–H groups in total. The van der Waals surface area contributed by atoms with Crippen LogP contribution in [0.15, 0.2) is 73.1 Å². The predicted octanol–water partition coefficient (Wildman–Crippen LogP) is 6.00. The maximum atomic E-state index is 14.3. The van der Waals surface area contributed by atoms with Crippen LogP contribution in [0.25, 0.3) is 0 Å². The third kappa shape index (κ3) is 11.0. The van der Waals surface area contributed by atoms with E-state index in [2.05, 4.69) is 55.5 Å². The highest BCUT2D eigenvalue weighted by atomic mass is 19.1. The Morgan fingerprint density at radius 1 is 0.750 bits per heavy atom. The number of nitrogens with zero attached hydrogens (tertiary/aromatic N) is 3. The number of rotatable bonds is 20. The molecule has 15 heteroatoms. The minimum Gasteiger partial charge on any atom is -0.390 e. The molecule has 3 aliphatic carbocycles. The van der Waals surface area contributed by atoms with Crippen molar-refractivity contribution < 1.29 is 37.4 Å². The van der Waals surface area contributed by atoms with Crippen LogP contribution in [0.4, 0.5) is 23.2 Å². The first-order valence-corrected chi connectivity index (χ1v) is 22.7. The summed E-state index contributed by atoms with van der Waals surface area (Å²) in [7, 11) is 0. The number of carbonyl (C=O) groups is 2. The molecule has 4 aliphatic rings. The quantitative estimate of drug-likeness (QED) is 0.0594. The number of aromatic nitrogens is 2. The highest BCUT2D eigenvalue weighted by Crippen LogP contribution is 2.48. The van der Waals surface area contributed by atoms with Gasteiger partial charge in [-0.3, -0.25) is 14.3 Å². The molecule has 344 valence electrons. The summed E-state index contributed by atoms with van der Waals surface area (Å²) in [6, 6.07) is 13.3. The van der Waals surface area contributed by atoms with Gasteiger partial charge in [0, 0.05) is 79.2 Å². The van der Waals surface area contributed by atoms with Gasteiger partial charge in [0.15, 0.2) is 0 Å². The molecule has 0 spiro atoms. The van der Waals surface area contributed by atoms with Gasteiger partial charge in [0.2, 0.25) is 11.8 Å². The van der Waals surface area contributed by atoms with Gasteiger partial charge in [0.05, 0.1) is 36.0 Å². The molecule has 2 amide bonds. The average Bonchev–Trinajstić information content (AvgIpc) is 4.01. The van der Waals surface area contributed by atoms with E-state index >= 15 is 0 Å². The van der Waals surface area contributed by atoms with Crippen LogP contribution in [0, 0.1) is 29.2 Å². The molecular formula is C49H61F4N7O4. The van der Waals surface area contributed by atoms with Gasteiger partial charge in [-0.25, -0.2) is 17.6 Å². The van der Waals surface area contributed by atoms with Gasteiger partial charge in [-0.05, 0) is 138 Å². The molecule has 1 saturated heterocycles. The number of nitrogens with one attached hydrogen (secondary N) is 4. The summed E-state index contributed by atoms with van der Waals surface area (Å²) in [5.74, 6) is -3.59. The lowest BCUT2D eigenvalue weighted by atomic mass is 9.98. The Balaban J connectivity index is 0.899. The van der Waals surface area contributed by atoms with Gasteiger partial charge < -0.3 is 36.4 Å². The van der Waals surface area contributed by atoms with Crippen molar-refractivity contribution in [3.8, 4) is 0 Å². The van der Waals surface area contributed by atoms with Crippen LogP contribution in [0.2, 0.25) is 0 Å². The maximum Gasteiger partial charge on any atom is 0.220 e. The zero-order chi connectivity index (χ0) is 45.4. The average molecular weight is 888 g/mol. The summed E-state index contributed by atoms with van der Waals surface area (Å²) in [4.78, 5) is 29.5. The lowest BCUT2D eigenvalue weighted by Gasteiger charge is -2.31. The molecule has 11 nitrogen and oxygen atoms in total.